The van der Waals surface area contributed by atoms with Crippen LogP contribution in [0.4, 0.5) is 0 Å². The van der Waals surface area contributed by atoms with Gasteiger partial charge in [0, 0.05) is 32.1 Å². The fourth-order valence-electron chi connectivity index (χ4n) is 2.12. The summed E-state index contributed by atoms with van der Waals surface area (Å²) < 4.78 is 5.65. The van der Waals surface area contributed by atoms with Crippen LogP contribution in [0.1, 0.15) is 34.1 Å². The van der Waals surface area contributed by atoms with E-state index in [4.69, 9.17) is 4.74 Å². The maximum Gasteiger partial charge on any atom is 0.221 e. The summed E-state index contributed by atoms with van der Waals surface area (Å²) >= 11 is 0. The van der Waals surface area contributed by atoms with E-state index in [9.17, 15) is 4.79 Å². The van der Waals surface area contributed by atoms with Crippen LogP contribution in [0.15, 0.2) is 0 Å². The van der Waals surface area contributed by atoms with Gasteiger partial charge in [0.2, 0.25) is 5.91 Å². The molecule has 1 amide bonds. The summed E-state index contributed by atoms with van der Waals surface area (Å²) in [4.78, 5) is 13.8. The minimum Gasteiger partial charge on any atom is -0.373 e. The van der Waals surface area contributed by atoms with E-state index in [0.717, 1.165) is 19.6 Å². The Morgan fingerprint density at radius 1 is 1.38 bits per heavy atom. The second kappa shape index (κ2) is 6.21. The van der Waals surface area contributed by atoms with Gasteiger partial charge in [-0.3, -0.25) is 9.69 Å². The number of hydrogen-bond acceptors (Lipinski definition) is 3. The molecule has 1 saturated heterocycles. The molecular weight excluding hydrogens is 204 g/mol. The van der Waals surface area contributed by atoms with Gasteiger partial charge >= 0.3 is 0 Å². The predicted molar refractivity (Wildman–Crippen MR) is 64.3 cm³/mol. The fourth-order valence-corrected chi connectivity index (χ4v) is 2.12. The molecule has 1 N–H and O–H groups in total. The Morgan fingerprint density at radius 3 is 2.44 bits per heavy atom. The van der Waals surface area contributed by atoms with Crippen LogP contribution in [0.25, 0.3) is 0 Å². The third kappa shape index (κ3) is 4.94. The maximum atomic E-state index is 11.5. The topological polar surface area (TPSA) is 41.6 Å². The zero-order chi connectivity index (χ0) is 12.1. The molecular formula is C12H24N2O2. The summed E-state index contributed by atoms with van der Waals surface area (Å²) in [5, 5.41) is 2.91. The molecule has 0 spiro atoms. The van der Waals surface area contributed by atoms with Crippen molar-refractivity contribution in [1.29, 1.82) is 0 Å². The molecule has 2 unspecified atom stereocenters. The number of nitrogens with one attached hydrogen (secondary N) is 1. The number of morpholine rings is 1. The lowest BCUT2D eigenvalue weighted by Crippen LogP contribution is -2.46. The molecule has 0 aromatic heterocycles. The van der Waals surface area contributed by atoms with Crippen LogP contribution in [-0.4, -0.2) is 48.7 Å². The SMILES string of the molecule is CC(C)NC(=O)CCN1CC(C)OC(C)C1. The van der Waals surface area contributed by atoms with E-state index in [1.54, 1.807) is 0 Å². The molecule has 1 aliphatic heterocycles. The van der Waals surface area contributed by atoms with Crippen LogP contribution in [0.2, 0.25) is 0 Å². The summed E-state index contributed by atoms with van der Waals surface area (Å²) in [6, 6.07) is 0.232. The average molecular weight is 228 g/mol. The molecule has 0 aromatic carbocycles. The van der Waals surface area contributed by atoms with Crippen molar-refractivity contribution in [2.45, 2.75) is 52.4 Å². The van der Waals surface area contributed by atoms with Gasteiger partial charge in [-0.15, -0.1) is 0 Å². The van der Waals surface area contributed by atoms with Gasteiger partial charge in [0.05, 0.1) is 12.2 Å². The first kappa shape index (κ1) is 13.5. The number of amides is 1. The molecule has 0 radical (unpaired) electrons. The van der Waals surface area contributed by atoms with Gasteiger partial charge in [-0.1, -0.05) is 0 Å². The first-order valence-electron chi connectivity index (χ1n) is 6.14. The summed E-state index contributed by atoms with van der Waals surface area (Å²) in [5.41, 5.74) is 0. The minimum atomic E-state index is 0.141. The molecule has 0 saturated carbocycles. The Hall–Kier alpha value is -0.610. The molecule has 0 bridgehead atoms. The molecule has 1 aliphatic rings. The number of carbonyl (C=O) groups is 1. The molecule has 4 nitrogen and oxygen atoms in total. The maximum absolute atomic E-state index is 11.5. The van der Waals surface area contributed by atoms with Crippen molar-refractivity contribution in [2.24, 2.45) is 0 Å². The van der Waals surface area contributed by atoms with Crippen LogP contribution in [0.3, 0.4) is 0 Å². The zero-order valence-electron chi connectivity index (χ0n) is 10.8. The van der Waals surface area contributed by atoms with Crippen LogP contribution >= 0.6 is 0 Å². The Bertz CT molecular complexity index is 221. The highest BCUT2D eigenvalue weighted by Gasteiger charge is 2.22. The van der Waals surface area contributed by atoms with Crippen LogP contribution < -0.4 is 5.32 Å². The molecule has 1 heterocycles. The van der Waals surface area contributed by atoms with Crippen molar-refractivity contribution in [1.82, 2.24) is 10.2 Å². The Morgan fingerprint density at radius 2 is 1.94 bits per heavy atom. The lowest BCUT2D eigenvalue weighted by atomic mass is 10.2. The second-order valence-corrected chi connectivity index (χ2v) is 4.99. The molecule has 2 atom stereocenters. The van der Waals surface area contributed by atoms with Gasteiger partial charge in [-0.2, -0.15) is 0 Å². The Balaban J connectivity index is 2.24. The molecule has 0 aromatic rings. The highest BCUT2D eigenvalue weighted by atomic mass is 16.5. The second-order valence-electron chi connectivity index (χ2n) is 4.99. The van der Waals surface area contributed by atoms with Crippen molar-refractivity contribution in [3.05, 3.63) is 0 Å². The predicted octanol–water partition coefficient (Wildman–Crippen LogP) is 1.01. The zero-order valence-corrected chi connectivity index (χ0v) is 10.8. The normalized spacial score (nSPS) is 27.1. The summed E-state index contributed by atoms with van der Waals surface area (Å²) in [5.74, 6) is 0.141. The monoisotopic (exact) mass is 228 g/mol. The van der Waals surface area contributed by atoms with Crippen LogP contribution in [-0.2, 0) is 9.53 Å². The molecule has 4 heteroatoms. The van der Waals surface area contributed by atoms with Gasteiger partial charge in [0.15, 0.2) is 0 Å². The highest BCUT2D eigenvalue weighted by molar-refractivity contribution is 5.76. The molecule has 1 fully saturated rings. The van der Waals surface area contributed by atoms with E-state index in [1.165, 1.54) is 0 Å². The van der Waals surface area contributed by atoms with Crippen molar-refractivity contribution < 1.29 is 9.53 Å². The van der Waals surface area contributed by atoms with Gasteiger partial charge in [-0.05, 0) is 27.7 Å². The molecule has 94 valence electrons. The van der Waals surface area contributed by atoms with Crippen molar-refractivity contribution in [3.63, 3.8) is 0 Å². The first-order valence-corrected chi connectivity index (χ1v) is 6.14. The largest absolute Gasteiger partial charge is 0.373 e. The Kier molecular flexibility index (Phi) is 5.22. The molecule has 0 aliphatic carbocycles. The van der Waals surface area contributed by atoms with E-state index in [1.807, 2.05) is 13.8 Å². The lowest BCUT2D eigenvalue weighted by Gasteiger charge is -2.35. The van der Waals surface area contributed by atoms with E-state index in [2.05, 4.69) is 24.1 Å². The van der Waals surface area contributed by atoms with Gasteiger partial charge in [-0.25, -0.2) is 0 Å². The number of nitrogens with zero attached hydrogens (tertiary/aromatic N) is 1. The van der Waals surface area contributed by atoms with E-state index in [0.29, 0.717) is 6.42 Å². The average Bonchev–Trinajstić information content (AvgIpc) is 2.12. The van der Waals surface area contributed by atoms with Crippen molar-refractivity contribution >= 4 is 5.91 Å². The van der Waals surface area contributed by atoms with Crippen LogP contribution in [0.5, 0.6) is 0 Å². The van der Waals surface area contributed by atoms with Gasteiger partial charge in [0.25, 0.3) is 0 Å². The summed E-state index contributed by atoms with van der Waals surface area (Å²) in [7, 11) is 0. The fraction of sp³-hybridized carbons (Fsp3) is 0.917. The third-order valence-electron chi connectivity index (χ3n) is 2.60. The number of ether oxygens (including phenoxy) is 1. The van der Waals surface area contributed by atoms with E-state index in [-0.39, 0.29) is 24.2 Å². The number of hydrogen-bond donors (Lipinski definition) is 1. The lowest BCUT2D eigenvalue weighted by molar-refractivity contribution is -0.123. The minimum absolute atomic E-state index is 0.141. The van der Waals surface area contributed by atoms with Crippen molar-refractivity contribution in [2.75, 3.05) is 19.6 Å². The first-order chi connectivity index (χ1) is 7.47. The molecule has 16 heavy (non-hydrogen) atoms. The number of carbonyl (C=O) groups excluding carboxylic acids is 1. The highest BCUT2D eigenvalue weighted by Crippen LogP contribution is 2.10. The van der Waals surface area contributed by atoms with E-state index < -0.39 is 0 Å². The summed E-state index contributed by atoms with van der Waals surface area (Å²) in [6.45, 7) is 10.8. The quantitative estimate of drug-likeness (QED) is 0.781. The number of rotatable bonds is 4. The van der Waals surface area contributed by atoms with Crippen molar-refractivity contribution in [3.8, 4) is 0 Å². The Labute approximate surface area is 98.3 Å². The smallest absolute Gasteiger partial charge is 0.221 e. The van der Waals surface area contributed by atoms with E-state index >= 15 is 0 Å². The standard InChI is InChI=1S/C12H24N2O2/c1-9(2)13-12(15)5-6-14-7-10(3)16-11(4)8-14/h9-11H,5-8H2,1-4H3,(H,13,15). The van der Waals surface area contributed by atoms with Gasteiger partial charge < -0.3 is 10.1 Å². The third-order valence-corrected chi connectivity index (χ3v) is 2.60. The molecule has 1 rings (SSSR count). The van der Waals surface area contributed by atoms with Crippen LogP contribution in [0, 0.1) is 0 Å². The summed E-state index contributed by atoms with van der Waals surface area (Å²) in [6.07, 6.45) is 1.13. The van der Waals surface area contributed by atoms with Gasteiger partial charge in [0.1, 0.15) is 0 Å².